The van der Waals surface area contributed by atoms with Crippen molar-refractivity contribution in [2.45, 2.75) is 18.2 Å². The van der Waals surface area contributed by atoms with Crippen molar-refractivity contribution >= 4 is 31.9 Å². The minimum atomic E-state index is -3.79. The Morgan fingerprint density at radius 2 is 2.33 bits per heavy atom. The number of likely N-dealkylation sites (tertiary alicyclic amines) is 1. The summed E-state index contributed by atoms with van der Waals surface area (Å²) in [7, 11) is -3.79. The van der Waals surface area contributed by atoms with Gasteiger partial charge in [-0.2, -0.15) is 0 Å². The molecular formula is C12H17BrN2O5S. The third kappa shape index (κ3) is 3.85. The van der Waals surface area contributed by atoms with Crippen molar-refractivity contribution in [3.8, 4) is 0 Å². The number of halogens is 1. The molecular weight excluding hydrogens is 364 g/mol. The normalized spacial score (nSPS) is 20.0. The van der Waals surface area contributed by atoms with Gasteiger partial charge in [-0.25, -0.2) is 17.9 Å². The van der Waals surface area contributed by atoms with Crippen molar-refractivity contribution in [1.29, 1.82) is 0 Å². The average Bonchev–Trinajstić information content (AvgIpc) is 3.03. The number of sulfonamides is 1. The molecule has 9 heteroatoms. The van der Waals surface area contributed by atoms with Gasteiger partial charge in [0.1, 0.15) is 4.90 Å². The van der Waals surface area contributed by atoms with Crippen LogP contribution in [0, 0.1) is 5.92 Å². The first-order valence-electron chi connectivity index (χ1n) is 6.58. The molecule has 1 unspecified atom stereocenters. The summed E-state index contributed by atoms with van der Waals surface area (Å²) in [5.74, 6) is -1.46. The van der Waals surface area contributed by atoms with Gasteiger partial charge in [-0.15, -0.1) is 0 Å². The maximum Gasteiger partial charge on any atom is 0.371 e. The van der Waals surface area contributed by atoms with Crippen molar-refractivity contribution in [3.05, 3.63) is 16.5 Å². The Balaban J connectivity index is 2.04. The van der Waals surface area contributed by atoms with E-state index in [2.05, 4.69) is 32.5 Å². The highest BCUT2D eigenvalue weighted by Gasteiger charge is 2.27. The van der Waals surface area contributed by atoms with Gasteiger partial charge >= 0.3 is 5.97 Å². The van der Waals surface area contributed by atoms with E-state index in [9.17, 15) is 13.2 Å². The molecule has 0 spiro atoms. The van der Waals surface area contributed by atoms with Gasteiger partial charge in [0.25, 0.3) is 0 Å². The lowest BCUT2D eigenvalue weighted by molar-refractivity contribution is 0.0661. The van der Waals surface area contributed by atoms with Crippen molar-refractivity contribution in [3.63, 3.8) is 0 Å². The Morgan fingerprint density at radius 3 is 2.86 bits per heavy atom. The van der Waals surface area contributed by atoms with E-state index >= 15 is 0 Å². The van der Waals surface area contributed by atoms with Crippen LogP contribution in [0.25, 0.3) is 0 Å². The summed E-state index contributed by atoms with van der Waals surface area (Å²) in [6.07, 6.45) is 0.948. The van der Waals surface area contributed by atoms with Gasteiger partial charge in [0.05, 0.1) is 0 Å². The molecule has 21 heavy (non-hydrogen) atoms. The SMILES string of the molecule is CCN1CCC(CNS(=O)(=O)c2cc(C(=O)O)oc2Br)C1. The van der Waals surface area contributed by atoms with E-state index < -0.39 is 21.8 Å². The van der Waals surface area contributed by atoms with E-state index in [1.54, 1.807) is 0 Å². The number of rotatable bonds is 6. The molecule has 1 aromatic rings. The highest BCUT2D eigenvalue weighted by atomic mass is 79.9. The van der Waals surface area contributed by atoms with Gasteiger partial charge in [-0.05, 0) is 41.4 Å². The first-order chi connectivity index (χ1) is 9.83. The molecule has 1 aliphatic heterocycles. The first-order valence-corrected chi connectivity index (χ1v) is 8.85. The molecule has 1 atom stereocenters. The van der Waals surface area contributed by atoms with Crippen molar-refractivity contribution in [1.82, 2.24) is 9.62 Å². The van der Waals surface area contributed by atoms with Crippen molar-refractivity contribution in [2.75, 3.05) is 26.2 Å². The number of carbonyl (C=O) groups is 1. The molecule has 0 radical (unpaired) electrons. The van der Waals surface area contributed by atoms with E-state index in [0.717, 1.165) is 32.1 Å². The molecule has 0 aliphatic carbocycles. The Labute approximate surface area is 131 Å². The van der Waals surface area contributed by atoms with Crippen LogP contribution in [0.1, 0.15) is 23.9 Å². The quantitative estimate of drug-likeness (QED) is 0.772. The van der Waals surface area contributed by atoms with Gasteiger partial charge < -0.3 is 14.4 Å². The predicted molar refractivity (Wildman–Crippen MR) is 78.8 cm³/mol. The summed E-state index contributed by atoms with van der Waals surface area (Å²) >= 11 is 2.94. The summed E-state index contributed by atoms with van der Waals surface area (Å²) in [6.45, 7) is 5.20. The zero-order valence-corrected chi connectivity index (χ0v) is 13.9. The maximum atomic E-state index is 12.2. The molecule has 2 heterocycles. The van der Waals surface area contributed by atoms with Crippen LogP contribution in [-0.2, 0) is 10.0 Å². The molecule has 0 saturated carbocycles. The van der Waals surface area contributed by atoms with Crippen LogP contribution >= 0.6 is 15.9 Å². The number of hydrogen-bond donors (Lipinski definition) is 2. The van der Waals surface area contributed by atoms with Crippen LogP contribution in [0.2, 0.25) is 0 Å². The van der Waals surface area contributed by atoms with Gasteiger partial charge in [0.15, 0.2) is 4.67 Å². The molecule has 0 aromatic carbocycles. The summed E-state index contributed by atoms with van der Waals surface area (Å²) in [4.78, 5) is 12.9. The lowest BCUT2D eigenvalue weighted by Gasteiger charge is -2.13. The number of nitrogens with one attached hydrogen (secondary N) is 1. The Kier molecular flexibility index (Phi) is 5.07. The van der Waals surface area contributed by atoms with Crippen LogP contribution in [0.5, 0.6) is 0 Å². The Hall–Kier alpha value is -0.900. The van der Waals surface area contributed by atoms with Gasteiger partial charge in [-0.3, -0.25) is 0 Å². The first kappa shape index (κ1) is 16.5. The zero-order valence-electron chi connectivity index (χ0n) is 11.5. The van der Waals surface area contributed by atoms with Crippen molar-refractivity contribution < 1.29 is 22.7 Å². The van der Waals surface area contributed by atoms with Crippen LogP contribution < -0.4 is 4.72 Å². The van der Waals surface area contributed by atoms with Gasteiger partial charge in [0, 0.05) is 19.2 Å². The number of carboxylic acid groups (broad SMARTS) is 1. The van der Waals surface area contributed by atoms with Crippen molar-refractivity contribution in [2.24, 2.45) is 5.92 Å². The van der Waals surface area contributed by atoms with Crippen LogP contribution in [0.15, 0.2) is 20.0 Å². The minimum Gasteiger partial charge on any atom is -0.475 e. The van der Waals surface area contributed by atoms with E-state index in [0.29, 0.717) is 6.54 Å². The molecule has 0 bridgehead atoms. The van der Waals surface area contributed by atoms with Crippen LogP contribution in [-0.4, -0.2) is 50.6 Å². The lowest BCUT2D eigenvalue weighted by Crippen LogP contribution is -2.31. The van der Waals surface area contributed by atoms with E-state index in [1.165, 1.54) is 0 Å². The summed E-state index contributed by atoms with van der Waals surface area (Å²) in [5.41, 5.74) is 0. The molecule has 2 N–H and O–H groups in total. The third-order valence-corrected chi connectivity index (χ3v) is 5.82. The predicted octanol–water partition coefficient (Wildman–Crippen LogP) is 1.36. The number of nitrogens with zero attached hydrogens (tertiary/aromatic N) is 1. The van der Waals surface area contributed by atoms with E-state index in [4.69, 9.17) is 9.52 Å². The molecule has 1 saturated heterocycles. The topological polar surface area (TPSA) is 99.9 Å². The molecule has 7 nitrogen and oxygen atoms in total. The fraction of sp³-hybridized carbons (Fsp3) is 0.583. The maximum absolute atomic E-state index is 12.2. The lowest BCUT2D eigenvalue weighted by atomic mass is 10.1. The molecule has 1 fully saturated rings. The van der Waals surface area contributed by atoms with Crippen LogP contribution in [0.4, 0.5) is 0 Å². The summed E-state index contributed by atoms with van der Waals surface area (Å²) in [6, 6.07) is 1.00. The highest BCUT2D eigenvalue weighted by molar-refractivity contribution is 9.10. The number of aromatic carboxylic acids is 1. The summed E-state index contributed by atoms with van der Waals surface area (Å²) < 4.78 is 31.7. The smallest absolute Gasteiger partial charge is 0.371 e. The third-order valence-electron chi connectivity index (χ3n) is 3.53. The standard InChI is InChI=1S/C12H17BrN2O5S/c1-2-15-4-3-8(7-15)6-14-21(18,19)10-5-9(12(16)17)20-11(10)13/h5,8,14H,2-4,6-7H2,1H3,(H,16,17). The second kappa shape index (κ2) is 6.47. The second-order valence-electron chi connectivity index (χ2n) is 4.95. The van der Waals surface area contributed by atoms with E-state index in [-0.39, 0.29) is 15.5 Å². The van der Waals surface area contributed by atoms with Crippen LogP contribution in [0.3, 0.4) is 0 Å². The molecule has 0 amide bonds. The minimum absolute atomic E-state index is 0.103. The Bertz CT molecular complexity index is 628. The van der Waals surface area contributed by atoms with Gasteiger partial charge in [0.2, 0.25) is 15.8 Å². The fourth-order valence-corrected chi connectivity index (χ4v) is 4.37. The zero-order chi connectivity index (χ0) is 15.6. The second-order valence-corrected chi connectivity index (χ2v) is 7.41. The molecule has 1 aromatic heterocycles. The molecule has 118 valence electrons. The Morgan fingerprint density at radius 1 is 1.62 bits per heavy atom. The number of carboxylic acids is 1. The molecule has 2 rings (SSSR count). The average molecular weight is 381 g/mol. The summed E-state index contributed by atoms with van der Waals surface area (Å²) in [5, 5.41) is 8.81. The van der Waals surface area contributed by atoms with E-state index in [1.807, 2.05) is 0 Å². The monoisotopic (exact) mass is 380 g/mol. The fourth-order valence-electron chi connectivity index (χ4n) is 2.31. The highest BCUT2D eigenvalue weighted by Crippen LogP contribution is 2.26. The number of hydrogen-bond acceptors (Lipinski definition) is 5. The number of furan rings is 1. The largest absolute Gasteiger partial charge is 0.475 e. The van der Waals surface area contributed by atoms with Gasteiger partial charge in [-0.1, -0.05) is 6.92 Å². The molecule has 1 aliphatic rings.